The molecule has 5 N–H and O–H groups in total. The number of H-pyrrole nitrogens is 1. The Hall–Kier alpha value is -3.76. The zero-order valence-corrected chi connectivity index (χ0v) is 18.4. The second-order valence-corrected chi connectivity index (χ2v) is 9.19. The summed E-state index contributed by atoms with van der Waals surface area (Å²) >= 11 is 0. The highest BCUT2D eigenvalue weighted by Crippen LogP contribution is 2.45. The number of carbonyl (C=O) groups excluding carboxylic acids is 2. The van der Waals surface area contributed by atoms with Gasteiger partial charge in [-0.1, -0.05) is 36.4 Å². The van der Waals surface area contributed by atoms with Gasteiger partial charge in [-0.2, -0.15) is 0 Å². The molecule has 0 spiro atoms. The van der Waals surface area contributed by atoms with E-state index in [0.717, 1.165) is 10.9 Å². The molecule has 0 saturated carbocycles. The first-order chi connectivity index (χ1) is 17.0. The third-order valence-corrected chi connectivity index (χ3v) is 7.27. The van der Waals surface area contributed by atoms with Gasteiger partial charge in [-0.25, -0.2) is 0 Å². The zero-order chi connectivity index (χ0) is 24.0. The van der Waals surface area contributed by atoms with Crippen molar-refractivity contribution in [2.45, 2.75) is 31.0 Å². The molecule has 1 saturated heterocycles. The molecule has 2 aliphatic rings. The molecule has 0 aliphatic carbocycles. The minimum atomic E-state index is -1.28. The molecule has 5 aromatic rings. The van der Waals surface area contributed by atoms with Gasteiger partial charge in [0.25, 0.3) is 11.8 Å². The average molecular weight is 471 g/mol. The molecular weight excluding hydrogens is 450 g/mol. The molecule has 4 atom stereocenters. The third-order valence-electron chi connectivity index (χ3n) is 7.27. The second-order valence-electron chi connectivity index (χ2n) is 9.19. The number of nitrogens with zero attached hydrogens (tertiary/aromatic N) is 1. The SMILES string of the molecule is O=C1NC(=O)c2c1c1c3ccccc3[nH]c1c1c2c2ccccc2n1[C@@H]1O[C@H](CO)C[C@H](O)[C@H]1O. The van der Waals surface area contributed by atoms with Crippen molar-refractivity contribution in [3.05, 3.63) is 59.7 Å². The zero-order valence-electron chi connectivity index (χ0n) is 18.4. The summed E-state index contributed by atoms with van der Waals surface area (Å²) in [4.78, 5) is 29.6. The number of ether oxygens (including phenoxy) is 1. The Bertz CT molecular complexity index is 1720. The van der Waals surface area contributed by atoms with Gasteiger partial charge in [0.1, 0.15) is 6.10 Å². The van der Waals surface area contributed by atoms with Crippen LogP contribution in [0, 0.1) is 0 Å². The molecule has 0 unspecified atom stereocenters. The standard InChI is InChI=1S/C26H21N3O6/c30-10-11-9-16(31)23(32)26(35-11)29-15-8-4-2-6-13(15)18-20-19(24(33)28-25(20)34)17-12-5-1-3-7-14(12)27-21(17)22(18)29/h1-8,11,16,23,26-27,30-32H,9-10H2,(H,28,33,34)/t11-,16-,23+,26+/m0/s1. The van der Waals surface area contributed by atoms with E-state index in [1.54, 1.807) is 4.57 Å². The van der Waals surface area contributed by atoms with Gasteiger partial charge >= 0.3 is 0 Å². The van der Waals surface area contributed by atoms with Gasteiger partial charge in [-0.05, 0) is 12.1 Å². The second kappa shape index (κ2) is 7.12. The van der Waals surface area contributed by atoms with Crippen molar-refractivity contribution in [2.75, 3.05) is 6.61 Å². The molecule has 9 heteroatoms. The van der Waals surface area contributed by atoms with Crippen LogP contribution < -0.4 is 5.32 Å². The Morgan fingerprint density at radius 1 is 0.943 bits per heavy atom. The fourth-order valence-electron chi connectivity index (χ4n) is 5.80. The summed E-state index contributed by atoms with van der Waals surface area (Å²) in [6.07, 6.45) is -4.00. The molecule has 1 fully saturated rings. The summed E-state index contributed by atoms with van der Waals surface area (Å²) in [5.41, 5.74) is 3.25. The van der Waals surface area contributed by atoms with Gasteiger partial charge < -0.3 is 29.6 Å². The molecule has 9 nitrogen and oxygen atoms in total. The van der Waals surface area contributed by atoms with Crippen molar-refractivity contribution in [1.82, 2.24) is 14.9 Å². The number of nitrogens with one attached hydrogen (secondary N) is 2. The lowest BCUT2D eigenvalue weighted by Crippen LogP contribution is -2.46. The van der Waals surface area contributed by atoms with Crippen LogP contribution >= 0.6 is 0 Å². The molecule has 3 aromatic carbocycles. The van der Waals surface area contributed by atoms with Crippen LogP contribution in [0.3, 0.4) is 0 Å². The monoisotopic (exact) mass is 471 g/mol. The van der Waals surface area contributed by atoms with E-state index in [4.69, 9.17) is 4.74 Å². The fraction of sp³-hybridized carbons (Fsp3) is 0.231. The maximum absolute atomic E-state index is 13.1. The van der Waals surface area contributed by atoms with Crippen LogP contribution in [0.4, 0.5) is 0 Å². The van der Waals surface area contributed by atoms with Crippen molar-refractivity contribution in [1.29, 1.82) is 0 Å². The normalized spacial score (nSPS) is 24.7. The smallest absolute Gasteiger partial charge is 0.259 e. The van der Waals surface area contributed by atoms with Crippen LogP contribution in [0.2, 0.25) is 0 Å². The Balaban J connectivity index is 1.72. The topological polar surface area (TPSA) is 137 Å². The summed E-state index contributed by atoms with van der Waals surface area (Å²) in [7, 11) is 0. The van der Waals surface area contributed by atoms with Crippen molar-refractivity contribution >= 4 is 55.4 Å². The van der Waals surface area contributed by atoms with Crippen LogP contribution in [0.15, 0.2) is 48.5 Å². The number of benzene rings is 3. The number of aliphatic hydroxyl groups is 3. The number of aromatic nitrogens is 2. The van der Waals surface area contributed by atoms with Gasteiger partial charge in [-0.3, -0.25) is 14.9 Å². The molecule has 0 radical (unpaired) electrons. The minimum absolute atomic E-state index is 0.0966. The Morgan fingerprint density at radius 3 is 2.40 bits per heavy atom. The summed E-state index contributed by atoms with van der Waals surface area (Å²) in [6.45, 7) is -0.314. The average Bonchev–Trinajstić information content (AvgIpc) is 3.50. The number of aliphatic hydroxyl groups excluding tert-OH is 3. The van der Waals surface area contributed by atoms with Gasteiger partial charge in [0.15, 0.2) is 6.23 Å². The number of rotatable bonds is 2. The Morgan fingerprint density at radius 2 is 1.63 bits per heavy atom. The Kier molecular flexibility index (Phi) is 4.19. The lowest BCUT2D eigenvalue weighted by Gasteiger charge is -2.38. The molecule has 4 heterocycles. The van der Waals surface area contributed by atoms with Crippen molar-refractivity contribution in [3.8, 4) is 0 Å². The maximum Gasteiger partial charge on any atom is 0.259 e. The van der Waals surface area contributed by atoms with Crippen molar-refractivity contribution in [2.24, 2.45) is 0 Å². The highest BCUT2D eigenvalue weighted by atomic mass is 16.5. The molecule has 35 heavy (non-hydrogen) atoms. The first kappa shape index (κ1) is 20.6. The fourth-order valence-corrected chi connectivity index (χ4v) is 5.80. The number of hydrogen-bond acceptors (Lipinski definition) is 6. The lowest BCUT2D eigenvalue weighted by atomic mass is 9.96. The predicted octanol–water partition coefficient (Wildman–Crippen LogP) is 2.31. The van der Waals surface area contributed by atoms with Gasteiger partial charge in [0.2, 0.25) is 0 Å². The van der Waals surface area contributed by atoms with E-state index >= 15 is 0 Å². The summed E-state index contributed by atoms with van der Waals surface area (Å²) in [5, 5.41) is 36.5. The number of amides is 2. The van der Waals surface area contributed by atoms with Crippen LogP contribution in [0.1, 0.15) is 33.4 Å². The first-order valence-electron chi connectivity index (χ1n) is 11.5. The molecular formula is C26H21N3O6. The molecule has 176 valence electrons. The van der Waals surface area contributed by atoms with Crippen molar-refractivity contribution in [3.63, 3.8) is 0 Å². The Labute approximate surface area is 197 Å². The number of carbonyl (C=O) groups is 2. The highest BCUT2D eigenvalue weighted by Gasteiger charge is 2.41. The van der Waals surface area contributed by atoms with Gasteiger partial charge in [0, 0.05) is 33.5 Å². The summed E-state index contributed by atoms with van der Waals surface area (Å²) in [5.74, 6) is -0.938. The molecule has 7 rings (SSSR count). The van der Waals surface area contributed by atoms with Crippen molar-refractivity contribution < 1.29 is 29.6 Å². The number of aromatic amines is 1. The van der Waals surface area contributed by atoms with Gasteiger partial charge in [-0.15, -0.1) is 0 Å². The number of para-hydroxylation sites is 2. The van der Waals surface area contributed by atoms with E-state index in [1.165, 1.54) is 0 Å². The van der Waals surface area contributed by atoms with E-state index in [9.17, 15) is 24.9 Å². The molecule has 2 aromatic heterocycles. The van der Waals surface area contributed by atoms with E-state index in [0.29, 0.717) is 38.3 Å². The molecule has 0 bridgehead atoms. The maximum atomic E-state index is 13.1. The predicted molar refractivity (Wildman–Crippen MR) is 128 cm³/mol. The van der Waals surface area contributed by atoms with Gasteiger partial charge in [0.05, 0.1) is 46.5 Å². The number of hydrogen-bond donors (Lipinski definition) is 5. The highest BCUT2D eigenvalue weighted by molar-refractivity contribution is 6.39. The first-order valence-corrected chi connectivity index (χ1v) is 11.5. The minimum Gasteiger partial charge on any atom is -0.394 e. The summed E-state index contributed by atoms with van der Waals surface area (Å²) < 4.78 is 7.86. The van der Waals surface area contributed by atoms with Crippen LogP contribution in [-0.4, -0.2) is 61.6 Å². The largest absolute Gasteiger partial charge is 0.394 e. The van der Waals surface area contributed by atoms with E-state index in [-0.39, 0.29) is 18.6 Å². The third kappa shape index (κ3) is 2.60. The van der Waals surface area contributed by atoms with E-state index in [1.807, 2.05) is 48.5 Å². The van der Waals surface area contributed by atoms with E-state index < -0.39 is 36.4 Å². The van der Waals surface area contributed by atoms with E-state index in [2.05, 4.69) is 10.3 Å². The molecule has 2 aliphatic heterocycles. The van der Waals surface area contributed by atoms with Crippen LogP contribution in [0.5, 0.6) is 0 Å². The van der Waals surface area contributed by atoms with Crippen LogP contribution in [-0.2, 0) is 4.74 Å². The summed E-state index contributed by atoms with van der Waals surface area (Å²) in [6, 6.07) is 14.9. The quantitative estimate of drug-likeness (QED) is 0.251. The number of imide groups is 1. The molecule has 2 amide bonds. The number of fused-ring (bicyclic) bond motifs is 10. The van der Waals surface area contributed by atoms with Crippen LogP contribution in [0.25, 0.3) is 43.6 Å². The lowest BCUT2D eigenvalue weighted by molar-refractivity contribution is -0.202.